The number of hydrogen-bond acceptors (Lipinski definition) is 4. The minimum atomic E-state index is -0.982. The number of aliphatic hydroxyl groups is 1. The van der Waals surface area contributed by atoms with Crippen molar-refractivity contribution in [3.63, 3.8) is 0 Å². The normalized spacial score (nSPS) is 15.5. The maximum Gasteiger partial charge on any atom is 0.326 e. The monoisotopic (exact) mass is 215 g/mol. The Labute approximate surface area is 91.1 Å². The Morgan fingerprint density at radius 3 is 2.53 bits per heavy atom. The van der Waals surface area contributed by atoms with E-state index in [-0.39, 0.29) is 0 Å². The van der Waals surface area contributed by atoms with Crippen molar-refractivity contribution in [2.24, 2.45) is 5.73 Å². The van der Waals surface area contributed by atoms with Crippen LogP contribution >= 0.6 is 0 Å². The average Bonchev–Trinajstić information content (AvgIpc) is 2.10. The maximum atomic E-state index is 11.4. The highest BCUT2D eigenvalue weighted by molar-refractivity contribution is 5.76. The van der Waals surface area contributed by atoms with Crippen LogP contribution in [0, 0.1) is 0 Å². The van der Waals surface area contributed by atoms with Gasteiger partial charge in [-0.25, -0.2) is 0 Å². The number of rotatable bonds is 5. The molecule has 15 heavy (non-hydrogen) atoms. The molecular formula is C11H21NO3. The Hall–Kier alpha value is -0.870. The fraction of sp³-hybridized carbons (Fsp3) is 0.727. The molecule has 0 bridgehead atoms. The third kappa shape index (κ3) is 6.25. The summed E-state index contributed by atoms with van der Waals surface area (Å²) in [4.78, 5) is 11.4. The second-order valence-electron chi connectivity index (χ2n) is 4.49. The van der Waals surface area contributed by atoms with Crippen molar-refractivity contribution in [3.8, 4) is 0 Å². The summed E-state index contributed by atoms with van der Waals surface area (Å²) < 4.78 is 5.05. The van der Waals surface area contributed by atoms with Crippen molar-refractivity contribution < 1.29 is 14.6 Å². The van der Waals surface area contributed by atoms with Gasteiger partial charge in [-0.1, -0.05) is 6.08 Å². The molecule has 0 spiro atoms. The third-order valence-corrected chi connectivity index (χ3v) is 1.76. The smallest absolute Gasteiger partial charge is 0.326 e. The van der Waals surface area contributed by atoms with Gasteiger partial charge in [-0.05, 0) is 33.6 Å². The van der Waals surface area contributed by atoms with Crippen molar-refractivity contribution in [1.82, 2.24) is 0 Å². The Kier molecular flexibility index (Phi) is 5.54. The zero-order valence-corrected chi connectivity index (χ0v) is 9.69. The number of aliphatic hydroxyl groups excluding tert-OH is 1. The molecule has 3 N–H and O–H groups in total. The lowest BCUT2D eigenvalue weighted by molar-refractivity contribution is -0.159. The Bertz CT molecular complexity index is 220. The molecular weight excluding hydrogens is 194 g/mol. The van der Waals surface area contributed by atoms with Crippen molar-refractivity contribution in [2.75, 3.05) is 0 Å². The lowest BCUT2D eigenvalue weighted by Crippen LogP contribution is -2.45. The minimum absolute atomic E-state index is 0.421. The summed E-state index contributed by atoms with van der Waals surface area (Å²) in [6, 6.07) is -0.982. The average molecular weight is 215 g/mol. The molecule has 0 saturated heterocycles. The zero-order chi connectivity index (χ0) is 12.1. The summed E-state index contributed by atoms with van der Waals surface area (Å²) in [5.74, 6) is -0.570. The first-order valence-corrected chi connectivity index (χ1v) is 5.05. The van der Waals surface area contributed by atoms with Gasteiger partial charge in [-0.2, -0.15) is 0 Å². The van der Waals surface area contributed by atoms with Crippen molar-refractivity contribution >= 4 is 5.97 Å². The number of allylic oxidation sites excluding steroid dienone is 1. The summed E-state index contributed by atoms with van der Waals surface area (Å²) in [6.45, 7) is 8.80. The lowest BCUT2D eigenvalue weighted by Gasteiger charge is -2.24. The molecule has 0 fully saturated rings. The van der Waals surface area contributed by atoms with Gasteiger partial charge in [-0.15, -0.1) is 6.58 Å². The van der Waals surface area contributed by atoms with E-state index in [2.05, 4.69) is 6.58 Å². The van der Waals surface area contributed by atoms with Crippen LogP contribution < -0.4 is 5.73 Å². The minimum Gasteiger partial charge on any atom is -0.459 e. The van der Waals surface area contributed by atoms with Gasteiger partial charge in [0, 0.05) is 0 Å². The molecule has 0 aromatic carbocycles. The second kappa shape index (κ2) is 5.88. The fourth-order valence-corrected chi connectivity index (χ4v) is 0.995. The van der Waals surface area contributed by atoms with Gasteiger partial charge in [0.15, 0.2) is 0 Å². The molecule has 4 nitrogen and oxygen atoms in total. The van der Waals surface area contributed by atoms with Gasteiger partial charge in [0.2, 0.25) is 0 Å². The van der Waals surface area contributed by atoms with Crippen LogP contribution in [-0.4, -0.2) is 28.8 Å². The number of hydrogen-bond donors (Lipinski definition) is 2. The molecule has 0 aromatic heterocycles. The Balaban J connectivity index is 4.13. The number of carbonyl (C=O) groups is 1. The summed E-state index contributed by atoms with van der Waals surface area (Å²) in [6.07, 6.45) is 1.84. The van der Waals surface area contributed by atoms with Crippen molar-refractivity contribution in [2.45, 2.75) is 51.4 Å². The summed E-state index contributed by atoms with van der Waals surface area (Å²) >= 11 is 0. The van der Waals surface area contributed by atoms with Gasteiger partial charge >= 0.3 is 5.97 Å². The SMILES string of the molecule is C=CCC[C@@H](O)[C@H](N)C(=O)OC(C)(C)C. The molecule has 0 saturated carbocycles. The molecule has 0 aromatic rings. The Morgan fingerprint density at radius 1 is 1.60 bits per heavy atom. The quantitative estimate of drug-likeness (QED) is 0.529. The van der Waals surface area contributed by atoms with Gasteiger partial charge < -0.3 is 15.6 Å². The Morgan fingerprint density at radius 2 is 2.13 bits per heavy atom. The molecule has 0 rings (SSSR count). The van der Waals surface area contributed by atoms with E-state index in [1.165, 1.54) is 0 Å². The van der Waals surface area contributed by atoms with Gasteiger partial charge in [0.05, 0.1) is 6.10 Å². The van der Waals surface area contributed by atoms with Crippen LogP contribution in [0.1, 0.15) is 33.6 Å². The molecule has 2 atom stereocenters. The maximum absolute atomic E-state index is 11.4. The van der Waals surface area contributed by atoms with E-state index in [4.69, 9.17) is 10.5 Å². The largest absolute Gasteiger partial charge is 0.459 e. The van der Waals surface area contributed by atoms with E-state index < -0.39 is 23.7 Å². The molecule has 0 amide bonds. The van der Waals surface area contributed by atoms with Crippen molar-refractivity contribution in [1.29, 1.82) is 0 Å². The predicted octanol–water partition coefficient (Wildman–Crippen LogP) is 0.982. The van der Waals surface area contributed by atoms with Crippen LogP contribution in [0.3, 0.4) is 0 Å². The molecule has 0 aliphatic carbocycles. The second-order valence-corrected chi connectivity index (χ2v) is 4.49. The van der Waals surface area contributed by atoms with Crippen LogP contribution in [0.2, 0.25) is 0 Å². The highest BCUT2D eigenvalue weighted by Crippen LogP contribution is 2.10. The number of nitrogens with two attached hydrogens (primary N) is 1. The van der Waals surface area contributed by atoms with Crippen molar-refractivity contribution in [3.05, 3.63) is 12.7 Å². The van der Waals surface area contributed by atoms with Gasteiger partial charge in [0.1, 0.15) is 11.6 Å². The first-order valence-electron chi connectivity index (χ1n) is 5.05. The molecule has 0 aliphatic heterocycles. The fourth-order valence-electron chi connectivity index (χ4n) is 0.995. The van der Waals surface area contributed by atoms with Crippen LogP contribution in [0.15, 0.2) is 12.7 Å². The summed E-state index contributed by atoms with van der Waals surface area (Å²) in [5.41, 5.74) is 4.97. The molecule has 0 unspecified atom stereocenters. The first kappa shape index (κ1) is 14.1. The van der Waals surface area contributed by atoms with E-state index in [9.17, 15) is 9.90 Å². The molecule has 88 valence electrons. The van der Waals surface area contributed by atoms with E-state index in [1.807, 2.05) is 0 Å². The number of esters is 1. The van der Waals surface area contributed by atoms with Gasteiger partial charge in [-0.3, -0.25) is 4.79 Å². The van der Waals surface area contributed by atoms with Crippen LogP contribution in [0.4, 0.5) is 0 Å². The molecule has 4 heteroatoms. The van der Waals surface area contributed by atoms with E-state index in [1.54, 1.807) is 26.8 Å². The topological polar surface area (TPSA) is 72.5 Å². The number of carbonyl (C=O) groups excluding carboxylic acids is 1. The summed E-state index contributed by atoms with van der Waals surface area (Å²) in [5, 5.41) is 9.54. The first-order chi connectivity index (χ1) is 6.78. The lowest BCUT2D eigenvalue weighted by atomic mass is 10.1. The standard InChI is InChI=1S/C11H21NO3/c1-5-6-7-8(13)9(12)10(14)15-11(2,3)4/h5,8-9,13H,1,6-7,12H2,2-4H3/t8-,9+/m1/s1. The van der Waals surface area contributed by atoms with Crippen LogP contribution in [0.25, 0.3) is 0 Å². The predicted molar refractivity (Wildman–Crippen MR) is 59.3 cm³/mol. The van der Waals surface area contributed by atoms with Crippen LogP contribution in [-0.2, 0) is 9.53 Å². The van der Waals surface area contributed by atoms with E-state index in [0.717, 1.165) is 0 Å². The molecule has 0 aliphatic rings. The van der Waals surface area contributed by atoms with Gasteiger partial charge in [0.25, 0.3) is 0 Å². The highest BCUT2D eigenvalue weighted by atomic mass is 16.6. The number of ether oxygens (including phenoxy) is 1. The van der Waals surface area contributed by atoms with E-state index in [0.29, 0.717) is 12.8 Å². The third-order valence-electron chi connectivity index (χ3n) is 1.76. The summed E-state index contributed by atoms with van der Waals surface area (Å²) in [7, 11) is 0. The molecule has 0 radical (unpaired) electrons. The highest BCUT2D eigenvalue weighted by Gasteiger charge is 2.27. The zero-order valence-electron chi connectivity index (χ0n) is 9.69. The van der Waals surface area contributed by atoms with E-state index >= 15 is 0 Å². The van der Waals surface area contributed by atoms with Crippen LogP contribution in [0.5, 0.6) is 0 Å². The molecule has 0 heterocycles.